The maximum absolute atomic E-state index is 2.44. The molecule has 0 radical (unpaired) electrons. The van der Waals surface area contributed by atoms with Gasteiger partial charge in [0.15, 0.2) is 0 Å². The van der Waals surface area contributed by atoms with Crippen molar-refractivity contribution in [2.24, 2.45) is 0 Å². The highest BCUT2D eigenvalue weighted by atomic mass is 32.1. The summed E-state index contributed by atoms with van der Waals surface area (Å²) in [4.78, 5) is 0. The van der Waals surface area contributed by atoms with Crippen LogP contribution in [0.5, 0.6) is 0 Å². The van der Waals surface area contributed by atoms with Gasteiger partial charge < -0.3 is 0 Å². The predicted molar refractivity (Wildman–Crippen MR) is 167 cm³/mol. The van der Waals surface area contributed by atoms with Crippen molar-refractivity contribution in [2.75, 3.05) is 0 Å². The molecule has 0 amide bonds. The van der Waals surface area contributed by atoms with E-state index in [9.17, 15) is 0 Å². The molecule has 0 saturated carbocycles. The molecule has 0 N–H and O–H groups in total. The highest BCUT2D eigenvalue weighted by molar-refractivity contribution is 7.26. The average Bonchev–Trinajstić information content (AvgIpc) is 3.36. The van der Waals surface area contributed by atoms with Gasteiger partial charge in [0.25, 0.3) is 0 Å². The lowest BCUT2D eigenvalue weighted by molar-refractivity contribution is 0.781. The van der Waals surface area contributed by atoms with Gasteiger partial charge in [-0.2, -0.15) is 0 Å². The molecule has 0 fully saturated rings. The van der Waals surface area contributed by atoms with Crippen LogP contribution < -0.4 is 0 Å². The molecule has 6 aromatic carbocycles. The van der Waals surface area contributed by atoms with Crippen LogP contribution in [0.4, 0.5) is 0 Å². The Balaban J connectivity index is 1.33. The third-order valence-corrected chi connectivity index (χ3v) is 9.51. The van der Waals surface area contributed by atoms with E-state index in [1.807, 2.05) is 11.3 Å². The van der Waals surface area contributed by atoms with Crippen molar-refractivity contribution in [1.29, 1.82) is 0 Å². The second-order valence-corrected chi connectivity index (χ2v) is 11.6. The zero-order valence-electron chi connectivity index (χ0n) is 21.2. The van der Waals surface area contributed by atoms with Gasteiger partial charge in [-0.1, -0.05) is 110 Å². The van der Waals surface area contributed by atoms with Crippen LogP contribution in [-0.4, -0.2) is 0 Å². The molecule has 0 aliphatic heterocycles. The molecule has 1 heteroatoms. The van der Waals surface area contributed by atoms with Crippen LogP contribution in [-0.2, 0) is 0 Å². The van der Waals surface area contributed by atoms with E-state index >= 15 is 0 Å². The molecule has 0 spiro atoms. The lowest BCUT2D eigenvalue weighted by atomic mass is 9.81. The molecule has 0 bridgehead atoms. The van der Waals surface area contributed by atoms with E-state index in [-0.39, 0.29) is 0 Å². The fraction of sp³-hybridized carbons (Fsp3) is 0.0811. The van der Waals surface area contributed by atoms with E-state index in [2.05, 4.69) is 128 Å². The van der Waals surface area contributed by atoms with Gasteiger partial charge in [0.2, 0.25) is 0 Å². The largest absolute Gasteiger partial charge is 0.135 e. The quantitative estimate of drug-likeness (QED) is 0.206. The molecule has 38 heavy (non-hydrogen) atoms. The Labute approximate surface area is 226 Å². The first kappa shape index (κ1) is 21.8. The molecule has 1 aromatic heterocycles. The monoisotopic (exact) mass is 502 g/mol. The fourth-order valence-electron chi connectivity index (χ4n) is 6.48. The number of rotatable bonds is 2. The summed E-state index contributed by atoms with van der Waals surface area (Å²) >= 11 is 1.90. The summed E-state index contributed by atoms with van der Waals surface area (Å²) in [6.07, 6.45) is 5.78. The molecule has 1 aliphatic rings. The van der Waals surface area contributed by atoms with Crippen LogP contribution in [0.15, 0.2) is 115 Å². The molecule has 180 valence electrons. The summed E-state index contributed by atoms with van der Waals surface area (Å²) in [6, 6.07) is 40.5. The number of thiophene rings is 1. The van der Waals surface area contributed by atoms with Crippen LogP contribution in [0, 0.1) is 0 Å². The molecular weight excluding hydrogens is 476 g/mol. The predicted octanol–water partition coefficient (Wildman–Crippen LogP) is 11.2. The first-order valence-electron chi connectivity index (χ1n) is 13.4. The lowest BCUT2D eigenvalue weighted by Gasteiger charge is -2.23. The summed E-state index contributed by atoms with van der Waals surface area (Å²) in [5.41, 5.74) is 8.03. The van der Waals surface area contributed by atoms with Crippen LogP contribution in [0.25, 0.3) is 70.0 Å². The van der Waals surface area contributed by atoms with Crippen molar-refractivity contribution in [3.63, 3.8) is 0 Å². The normalized spacial score (nSPS) is 15.0. The van der Waals surface area contributed by atoms with Crippen LogP contribution in [0.2, 0.25) is 0 Å². The topological polar surface area (TPSA) is 0 Å². The molecule has 7 aromatic rings. The van der Waals surface area contributed by atoms with Crippen molar-refractivity contribution in [3.8, 4) is 22.3 Å². The minimum Gasteiger partial charge on any atom is -0.135 e. The Morgan fingerprint density at radius 2 is 1.29 bits per heavy atom. The number of benzene rings is 6. The Morgan fingerprint density at radius 3 is 2.21 bits per heavy atom. The summed E-state index contributed by atoms with van der Waals surface area (Å²) in [5.74, 6) is 0.509. The van der Waals surface area contributed by atoms with Crippen molar-refractivity contribution in [2.45, 2.75) is 19.3 Å². The lowest BCUT2D eigenvalue weighted by Crippen LogP contribution is -2.02. The van der Waals surface area contributed by atoms with Crippen LogP contribution in [0.1, 0.15) is 30.4 Å². The standard InChI is InChI=1S/C37H26S/c1-23-9-6-16-32-29-13-3-2-12-28(29)30-20-19-25(22-34(30)36(23)32)24-10-7-11-26(21-24)27-15-8-17-33-31-14-4-5-18-35(31)38-37(27)33/h2-8,10-23H,9H2,1H3. The molecular formula is C37H26S. The van der Waals surface area contributed by atoms with Crippen LogP contribution >= 0.6 is 11.3 Å². The third kappa shape index (κ3) is 3.22. The minimum atomic E-state index is 0.509. The molecule has 8 rings (SSSR count). The average molecular weight is 503 g/mol. The minimum absolute atomic E-state index is 0.509. The summed E-state index contributed by atoms with van der Waals surface area (Å²) in [7, 11) is 0. The number of allylic oxidation sites excluding steroid dienone is 1. The van der Waals surface area contributed by atoms with Gasteiger partial charge in [-0.15, -0.1) is 11.3 Å². The van der Waals surface area contributed by atoms with Crippen LogP contribution in [0.3, 0.4) is 0 Å². The van der Waals surface area contributed by atoms with E-state index in [0.717, 1.165) is 6.42 Å². The number of hydrogen-bond donors (Lipinski definition) is 0. The molecule has 1 atom stereocenters. The van der Waals surface area contributed by atoms with Crippen molar-refractivity contribution in [1.82, 2.24) is 0 Å². The summed E-state index contributed by atoms with van der Waals surface area (Å²) < 4.78 is 2.71. The number of fused-ring (bicyclic) bond motifs is 9. The molecule has 1 unspecified atom stereocenters. The van der Waals surface area contributed by atoms with E-state index in [1.54, 1.807) is 0 Å². The van der Waals surface area contributed by atoms with Gasteiger partial charge in [0, 0.05) is 20.2 Å². The van der Waals surface area contributed by atoms with Gasteiger partial charge >= 0.3 is 0 Å². The summed E-state index contributed by atoms with van der Waals surface area (Å²) in [5, 5.41) is 8.15. The highest BCUT2D eigenvalue weighted by Crippen LogP contribution is 2.43. The SMILES string of the molecule is CC1CC=Cc2c1c1cc(-c3cccc(-c4cccc5c4sc4ccccc45)c3)ccc1c1ccccc21. The molecule has 0 saturated heterocycles. The van der Waals surface area contributed by atoms with Gasteiger partial charge in [-0.25, -0.2) is 0 Å². The van der Waals surface area contributed by atoms with Gasteiger partial charge in [-0.3, -0.25) is 0 Å². The van der Waals surface area contributed by atoms with E-state index in [0.29, 0.717) is 5.92 Å². The first-order chi connectivity index (χ1) is 18.8. The summed E-state index contributed by atoms with van der Waals surface area (Å²) in [6.45, 7) is 2.37. The second-order valence-electron chi connectivity index (χ2n) is 10.5. The van der Waals surface area contributed by atoms with Gasteiger partial charge in [-0.05, 0) is 85.5 Å². The zero-order valence-corrected chi connectivity index (χ0v) is 22.1. The maximum atomic E-state index is 2.44. The van der Waals surface area contributed by atoms with E-state index in [4.69, 9.17) is 0 Å². The first-order valence-corrected chi connectivity index (χ1v) is 14.2. The zero-order chi connectivity index (χ0) is 25.2. The molecule has 1 aliphatic carbocycles. The van der Waals surface area contributed by atoms with Crippen molar-refractivity contribution < 1.29 is 0 Å². The Morgan fingerprint density at radius 1 is 0.579 bits per heavy atom. The van der Waals surface area contributed by atoms with E-state index in [1.165, 1.54) is 75.1 Å². The number of hydrogen-bond acceptors (Lipinski definition) is 1. The Hall–Kier alpha value is -4.20. The molecule has 0 nitrogen and oxygen atoms in total. The highest BCUT2D eigenvalue weighted by Gasteiger charge is 2.20. The van der Waals surface area contributed by atoms with Gasteiger partial charge in [0.1, 0.15) is 0 Å². The van der Waals surface area contributed by atoms with Crippen molar-refractivity contribution >= 4 is 59.1 Å². The van der Waals surface area contributed by atoms with E-state index < -0.39 is 0 Å². The van der Waals surface area contributed by atoms with Crippen molar-refractivity contribution in [3.05, 3.63) is 126 Å². The Kier molecular flexibility index (Phi) is 4.83. The smallest absolute Gasteiger partial charge is 0.0433 e. The molecule has 1 heterocycles. The maximum Gasteiger partial charge on any atom is 0.0433 e. The second kappa shape index (κ2) is 8.41. The Bertz CT molecular complexity index is 2070. The fourth-order valence-corrected chi connectivity index (χ4v) is 7.72. The van der Waals surface area contributed by atoms with Gasteiger partial charge in [0.05, 0.1) is 0 Å². The third-order valence-electron chi connectivity index (χ3n) is 8.29.